The van der Waals surface area contributed by atoms with Crippen LogP contribution < -0.4 is 5.32 Å². The van der Waals surface area contributed by atoms with Crippen molar-refractivity contribution in [1.82, 2.24) is 14.4 Å². The van der Waals surface area contributed by atoms with E-state index in [4.69, 9.17) is 0 Å². The highest BCUT2D eigenvalue weighted by molar-refractivity contribution is 5.92. The van der Waals surface area contributed by atoms with Gasteiger partial charge in [0.25, 0.3) is 5.69 Å². The van der Waals surface area contributed by atoms with Gasteiger partial charge in [0.15, 0.2) is 0 Å². The number of nitro benzene ring substituents is 1. The first-order valence-electron chi connectivity index (χ1n) is 10.4. The molecule has 0 saturated carbocycles. The Kier molecular flexibility index (Phi) is 8.60. The predicted octanol–water partition coefficient (Wildman–Crippen LogP) is 4.00. The third kappa shape index (κ3) is 6.84. The van der Waals surface area contributed by atoms with Crippen LogP contribution in [0.5, 0.6) is 0 Å². The first-order valence-corrected chi connectivity index (χ1v) is 10.4. The molecule has 1 aromatic heterocycles. The first kappa shape index (κ1) is 23.9. The van der Waals surface area contributed by atoms with Crippen LogP contribution >= 0.6 is 0 Å². The molecule has 3 amide bonds. The number of benzene rings is 1. The van der Waals surface area contributed by atoms with Gasteiger partial charge in [-0.2, -0.15) is 0 Å². The molecule has 0 radical (unpaired) electrons. The molecule has 0 atom stereocenters. The summed E-state index contributed by atoms with van der Waals surface area (Å²) in [5.41, 5.74) is 1.40. The first-order chi connectivity index (χ1) is 14.7. The lowest BCUT2D eigenvalue weighted by Gasteiger charge is -2.30. The van der Waals surface area contributed by atoms with E-state index in [1.165, 1.54) is 29.2 Å². The van der Waals surface area contributed by atoms with Gasteiger partial charge in [0.1, 0.15) is 6.54 Å². The van der Waals surface area contributed by atoms with Crippen molar-refractivity contribution < 1.29 is 14.5 Å². The number of carbonyl (C=O) groups excluding carboxylic acids is 2. The Morgan fingerprint density at radius 3 is 2.39 bits per heavy atom. The number of amides is 3. The van der Waals surface area contributed by atoms with E-state index >= 15 is 0 Å². The van der Waals surface area contributed by atoms with Crippen molar-refractivity contribution in [2.24, 2.45) is 7.05 Å². The highest BCUT2D eigenvalue weighted by atomic mass is 16.6. The summed E-state index contributed by atoms with van der Waals surface area (Å²) in [6.07, 6.45) is 3.79. The lowest BCUT2D eigenvalue weighted by Crippen LogP contribution is -2.47. The van der Waals surface area contributed by atoms with Gasteiger partial charge in [-0.3, -0.25) is 14.9 Å². The molecule has 0 unspecified atom stereocenters. The average molecular weight is 430 g/mol. The highest BCUT2D eigenvalue weighted by Gasteiger charge is 2.24. The van der Waals surface area contributed by atoms with E-state index < -0.39 is 11.0 Å². The SMILES string of the molecule is CCCCN(Cc1cccn1C)C(=O)CN(C(=O)Nc1ccc([N+](=O)[O-])cc1)C(C)C. The van der Waals surface area contributed by atoms with E-state index in [0.717, 1.165) is 18.5 Å². The quantitative estimate of drug-likeness (QED) is 0.455. The van der Waals surface area contributed by atoms with Crippen LogP contribution in [0.25, 0.3) is 0 Å². The van der Waals surface area contributed by atoms with Crippen molar-refractivity contribution >= 4 is 23.3 Å². The van der Waals surface area contributed by atoms with Crippen LogP contribution in [0.3, 0.4) is 0 Å². The van der Waals surface area contributed by atoms with E-state index in [0.29, 0.717) is 18.8 Å². The summed E-state index contributed by atoms with van der Waals surface area (Å²) in [7, 11) is 1.94. The maximum absolute atomic E-state index is 13.1. The zero-order valence-electron chi connectivity index (χ0n) is 18.6. The molecule has 0 fully saturated rings. The maximum atomic E-state index is 13.1. The van der Waals surface area contributed by atoms with E-state index in [1.54, 1.807) is 4.90 Å². The van der Waals surface area contributed by atoms with Crippen LogP contribution in [0.15, 0.2) is 42.6 Å². The summed E-state index contributed by atoms with van der Waals surface area (Å²) >= 11 is 0. The molecule has 0 aliphatic heterocycles. The Balaban J connectivity index is 2.09. The number of hydrogen-bond acceptors (Lipinski definition) is 4. The zero-order chi connectivity index (χ0) is 23.0. The van der Waals surface area contributed by atoms with Gasteiger partial charge in [0.2, 0.25) is 5.91 Å². The Morgan fingerprint density at radius 2 is 1.87 bits per heavy atom. The maximum Gasteiger partial charge on any atom is 0.322 e. The van der Waals surface area contributed by atoms with Gasteiger partial charge in [0, 0.05) is 49.3 Å². The van der Waals surface area contributed by atoms with Crippen LogP contribution in [0.4, 0.5) is 16.2 Å². The molecule has 0 bridgehead atoms. The lowest BCUT2D eigenvalue weighted by atomic mass is 10.2. The molecule has 9 heteroatoms. The molecule has 168 valence electrons. The largest absolute Gasteiger partial charge is 0.353 e. The van der Waals surface area contributed by atoms with Gasteiger partial charge in [-0.05, 0) is 44.5 Å². The number of nitrogens with zero attached hydrogens (tertiary/aromatic N) is 4. The molecule has 2 rings (SSSR count). The highest BCUT2D eigenvalue weighted by Crippen LogP contribution is 2.16. The fourth-order valence-electron chi connectivity index (χ4n) is 3.09. The Bertz CT molecular complexity index is 892. The molecular weight excluding hydrogens is 398 g/mol. The number of non-ortho nitro benzene ring substituents is 1. The van der Waals surface area contributed by atoms with Crippen molar-refractivity contribution in [1.29, 1.82) is 0 Å². The van der Waals surface area contributed by atoms with E-state index in [-0.39, 0.29) is 24.2 Å². The van der Waals surface area contributed by atoms with Gasteiger partial charge in [-0.1, -0.05) is 13.3 Å². The predicted molar refractivity (Wildman–Crippen MR) is 120 cm³/mol. The molecular formula is C22H31N5O4. The number of rotatable bonds is 10. The monoisotopic (exact) mass is 429 g/mol. The molecule has 2 aromatic rings. The fraction of sp³-hybridized carbons (Fsp3) is 0.455. The number of anilines is 1. The summed E-state index contributed by atoms with van der Waals surface area (Å²) in [6, 6.07) is 8.89. The summed E-state index contributed by atoms with van der Waals surface area (Å²) in [6.45, 7) is 6.81. The third-order valence-electron chi connectivity index (χ3n) is 5.06. The number of carbonyl (C=O) groups is 2. The number of nitrogens with one attached hydrogen (secondary N) is 1. The minimum absolute atomic E-state index is 0.0510. The summed E-state index contributed by atoms with van der Waals surface area (Å²) in [5, 5.41) is 13.5. The van der Waals surface area contributed by atoms with Crippen LogP contribution in [0.2, 0.25) is 0 Å². The lowest BCUT2D eigenvalue weighted by molar-refractivity contribution is -0.384. The molecule has 31 heavy (non-hydrogen) atoms. The Labute approximate surface area is 182 Å². The van der Waals surface area contributed by atoms with Gasteiger partial charge in [0.05, 0.1) is 11.5 Å². The number of aromatic nitrogens is 1. The molecule has 0 saturated heterocycles. The molecule has 0 aliphatic rings. The van der Waals surface area contributed by atoms with Crippen LogP contribution in [-0.2, 0) is 18.4 Å². The minimum Gasteiger partial charge on any atom is -0.353 e. The number of nitro groups is 1. The smallest absolute Gasteiger partial charge is 0.322 e. The van der Waals surface area contributed by atoms with Gasteiger partial charge < -0.3 is 19.7 Å². The van der Waals surface area contributed by atoms with Crippen molar-refractivity contribution in [3.05, 3.63) is 58.4 Å². The Hall–Kier alpha value is -3.36. The Morgan fingerprint density at radius 1 is 1.19 bits per heavy atom. The fourth-order valence-corrected chi connectivity index (χ4v) is 3.09. The average Bonchev–Trinajstić information content (AvgIpc) is 3.13. The summed E-state index contributed by atoms with van der Waals surface area (Å²) < 4.78 is 1.98. The van der Waals surface area contributed by atoms with Gasteiger partial charge in [-0.25, -0.2) is 4.79 Å². The number of hydrogen-bond donors (Lipinski definition) is 1. The standard InChI is InChI=1S/C22H31N5O4/c1-5-6-14-25(15-20-8-7-13-24(20)4)21(28)16-26(17(2)3)22(29)23-18-9-11-19(12-10-18)27(30)31/h7-13,17H,5-6,14-16H2,1-4H3,(H,23,29). The second kappa shape index (κ2) is 11.1. The minimum atomic E-state index is -0.498. The van der Waals surface area contributed by atoms with Gasteiger partial charge in [-0.15, -0.1) is 0 Å². The van der Waals surface area contributed by atoms with Crippen LogP contribution in [0, 0.1) is 10.1 Å². The van der Waals surface area contributed by atoms with E-state index in [2.05, 4.69) is 12.2 Å². The van der Waals surface area contributed by atoms with Crippen LogP contribution in [0.1, 0.15) is 39.3 Å². The second-order valence-electron chi connectivity index (χ2n) is 7.74. The van der Waals surface area contributed by atoms with Crippen molar-refractivity contribution in [3.63, 3.8) is 0 Å². The molecule has 0 aliphatic carbocycles. The molecule has 1 heterocycles. The van der Waals surface area contributed by atoms with Crippen LogP contribution in [-0.4, -0.2) is 50.4 Å². The number of aryl methyl sites for hydroxylation is 1. The van der Waals surface area contributed by atoms with Crippen molar-refractivity contribution in [3.8, 4) is 0 Å². The number of unbranched alkanes of at least 4 members (excludes halogenated alkanes) is 1. The normalized spacial score (nSPS) is 10.7. The molecule has 1 aromatic carbocycles. The third-order valence-corrected chi connectivity index (χ3v) is 5.06. The van der Waals surface area contributed by atoms with Crippen molar-refractivity contribution in [2.75, 3.05) is 18.4 Å². The topological polar surface area (TPSA) is 101 Å². The zero-order valence-corrected chi connectivity index (χ0v) is 18.6. The molecule has 0 spiro atoms. The molecule has 9 nitrogen and oxygen atoms in total. The van der Waals surface area contributed by atoms with Crippen molar-refractivity contribution in [2.45, 2.75) is 46.2 Å². The van der Waals surface area contributed by atoms with Gasteiger partial charge >= 0.3 is 6.03 Å². The second-order valence-corrected chi connectivity index (χ2v) is 7.74. The van der Waals surface area contributed by atoms with E-state index in [1.807, 2.05) is 43.8 Å². The van der Waals surface area contributed by atoms with E-state index in [9.17, 15) is 19.7 Å². The summed E-state index contributed by atoms with van der Waals surface area (Å²) in [4.78, 5) is 39.5. The summed E-state index contributed by atoms with van der Waals surface area (Å²) in [5.74, 6) is -0.123. The number of urea groups is 1. The molecule has 1 N–H and O–H groups in total.